The Hall–Kier alpha value is -0.880. The predicted octanol–water partition coefficient (Wildman–Crippen LogP) is 4.22. The number of aliphatic carboxylic acids is 1. The first-order valence-electron chi connectivity index (χ1n) is 6.80. The summed E-state index contributed by atoms with van der Waals surface area (Å²) in [5.41, 5.74) is 0.579. The van der Waals surface area contributed by atoms with Crippen molar-refractivity contribution in [1.29, 1.82) is 0 Å². The summed E-state index contributed by atoms with van der Waals surface area (Å²) < 4.78 is 1.59. The molecule has 0 heterocycles. The number of hydrogen-bond acceptors (Lipinski definition) is 2. The second-order valence-electron chi connectivity index (χ2n) is 5.17. The summed E-state index contributed by atoms with van der Waals surface area (Å²) in [6.07, 6.45) is 2.15. The van der Waals surface area contributed by atoms with Crippen molar-refractivity contribution in [2.45, 2.75) is 39.2 Å². The molecule has 1 aromatic rings. The molecule has 0 aliphatic heterocycles. The fourth-order valence-corrected chi connectivity index (χ4v) is 2.69. The summed E-state index contributed by atoms with van der Waals surface area (Å²) in [6, 6.07) is 5.44. The van der Waals surface area contributed by atoms with Gasteiger partial charge in [0.1, 0.15) is 0 Å². The Bertz CT molecular complexity index is 520. The molecule has 0 aliphatic rings. The Morgan fingerprint density at radius 2 is 1.90 bits per heavy atom. The molecule has 2 unspecified atom stereocenters. The van der Waals surface area contributed by atoms with Crippen LogP contribution in [0.1, 0.15) is 43.5 Å². The van der Waals surface area contributed by atoms with Crippen LogP contribution in [-0.2, 0) is 4.79 Å². The van der Waals surface area contributed by atoms with E-state index in [1.807, 2.05) is 19.1 Å². The average molecular weight is 421 g/mol. The Morgan fingerprint density at radius 1 is 1.24 bits per heavy atom. The van der Waals surface area contributed by atoms with Crippen LogP contribution in [0.15, 0.2) is 27.1 Å². The summed E-state index contributed by atoms with van der Waals surface area (Å²) in [4.78, 5) is 22.9. The molecule has 2 N–H and O–H groups in total. The highest BCUT2D eigenvalue weighted by molar-refractivity contribution is 9.11. The average Bonchev–Trinajstić information content (AvgIpc) is 2.41. The molecule has 0 aliphatic carbocycles. The summed E-state index contributed by atoms with van der Waals surface area (Å²) in [5.74, 6) is -1.25. The van der Waals surface area contributed by atoms with E-state index in [-0.39, 0.29) is 17.9 Å². The van der Waals surface area contributed by atoms with Crippen LogP contribution in [0.2, 0.25) is 0 Å². The number of rotatable bonds is 7. The van der Waals surface area contributed by atoms with Gasteiger partial charge in [0.05, 0.1) is 11.5 Å². The number of carboxylic acids is 1. The molecule has 0 radical (unpaired) electrons. The molecule has 0 spiro atoms. The SMILES string of the molecule is CC(CCCC(C)C(=O)O)NC(=O)c1cc(Br)ccc1Br. The standard InChI is InChI=1S/C15H19Br2NO3/c1-9(15(20)21)4-3-5-10(2)18-14(19)12-8-11(16)6-7-13(12)17/h6-10H,3-5H2,1-2H3,(H,18,19)(H,20,21). The Balaban J connectivity index is 2.47. The van der Waals surface area contributed by atoms with E-state index in [9.17, 15) is 9.59 Å². The van der Waals surface area contributed by atoms with Crippen LogP contribution in [-0.4, -0.2) is 23.0 Å². The molecule has 2 atom stereocenters. The topological polar surface area (TPSA) is 66.4 Å². The van der Waals surface area contributed by atoms with E-state index in [0.29, 0.717) is 12.0 Å². The zero-order chi connectivity index (χ0) is 16.0. The number of halogens is 2. The molecular formula is C15H19Br2NO3. The van der Waals surface area contributed by atoms with Crippen molar-refractivity contribution in [2.24, 2.45) is 5.92 Å². The number of carboxylic acid groups (broad SMARTS) is 1. The fourth-order valence-electron chi connectivity index (χ4n) is 1.90. The van der Waals surface area contributed by atoms with E-state index in [4.69, 9.17) is 5.11 Å². The molecule has 0 fully saturated rings. The molecular weight excluding hydrogens is 402 g/mol. The molecule has 6 heteroatoms. The highest BCUT2D eigenvalue weighted by Crippen LogP contribution is 2.21. The lowest BCUT2D eigenvalue weighted by molar-refractivity contribution is -0.141. The van der Waals surface area contributed by atoms with Gasteiger partial charge in [-0.25, -0.2) is 0 Å². The maximum absolute atomic E-state index is 12.2. The Morgan fingerprint density at radius 3 is 2.52 bits per heavy atom. The lowest BCUT2D eigenvalue weighted by Gasteiger charge is -2.15. The molecule has 0 saturated heterocycles. The van der Waals surface area contributed by atoms with E-state index in [1.54, 1.807) is 13.0 Å². The van der Waals surface area contributed by atoms with Gasteiger partial charge in [-0.05, 0) is 53.9 Å². The minimum absolute atomic E-state index is 0.00405. The van der Waals surface area contributed by atoms with Crippen LogP contribution in [0.3, 0.4) is 0 Å². The molecule has 1 aromatic carbocycles. The highest BCUT2D eigenvalue weighted by Gasteiger charge is 2.15. The van der Waals surface area contributed by atoms with Gasteiger partial charge in [-0.1, -0.05) is 29.3 Å². The molecule has 1 rings (SSSR count). The van der Waals surface area contributed by atoms with Crippen molar-refractivity contribution >= 4 is 43.7 Å². The van der Waals surface area contributed by atoms with Gasteiger partial charge in [-0.2, -0.15) is 0 Å². The van der Waals surface area contributed by atoms with Crippen LogP contribution >= 0.6 is 31.9 Å². The molecule has 1 amide bonds. The quantitative estimate of drug-likeness (QED) is 0.693. The van der Waals surface area contributed by atoms with Gasteiger partial charge in [0.2, 0.25) is 0 Å². The lowest BCUT2D eigenvalue weighted by atomic mass is 10.0. The number of amides is 1. The number of hydrogen-bond donors (Lipinski definition) is 2. The van der Waals surface area contributed by atoms with Gasteiger partial charge in [-0.15, -0.1) is 0 Å². The number of nitrogens with one attached hydrogen (secondary N) is 1. The molecule has 0 bridgehead atoms. The second kappa shape index (κ2) is 8.54. The van der Waals surface area contributed by atoms with Gasteiger partial charge in [0, 0.05) is 15.0 Å². The second-order valence-corrected chi connectivity index (χ2v) is 6.94. The maximum atomic E-state index is 12.2. The first-order chi connectivity index (χ1) is 9.81. The summed E-state index contributed by atoms with van der Waals surface area (Å²) in [6.45, 7) is 3.62. The Kier molecular flexibility index (Phi) is 7.39. The van der Waals surface area contributed by atoms with Crippen molar-refractivity contribution < 1.29 is 14.7 Å². The molecule has 116 valence electrons. The monoisotopic (exact) mass is 419 g/mol. The van der Waals surface area contributed by atoms with Crippen molar-refractivity contribution in [3.8, 4) is 0 Å². The van der Waals surface area contributed by atoms with Crippen molar-refractivity contribution in [2.75, 3.05) is 0 Å². The van der Waals surface area contributed by atoms with E-state index in [1.165, 1.54) is 0 Å². The van der Waals surface area contributed by atoms with E-state index in [0.717, 1.165) is 21.8 Å². The van der Waals surface area contributed by atoms with E-state index in [2.05, 4.69) is 37.2 Å². The van der Waals surface area contributed by atoms with Gasteiger partial charge in [0.25, 0.3) is 5.91 Å². The molecule has 0 saturated carbocycles. The molecule has 0 aromatic heterocycles. The number of benzene rings is 1. The summed E-state index contributed by atoms with van der Waals surface area (Å²) in [7, 11) is 0. The van der Waals surface area contributed by atoms with Crippen molar-refractivity contribution in [1.82, 2.24) is 5.32 Å². The first kappa shape index (κ1) is 18.2. The summed E-state index contributed by atoms with van der Waals surface area (Å²) >= 11 is 6.71. The third-order valence-electron chi connectivity index (χ3n) is 3.25. The minimum Gasteiger partial charge on any atom is -0.481 e. The zero-order valence-corrected chi connectivity index (χ0v) is 15.2. The van der Waals surface area contributed by atoms with Gasteiger partial charge in [-0.3, -0.25) is 9.59 Å². The first-order valence-corrected chi connectivity index (χ1v) is 8.38. The summed E-state index contributed by atoms with van der Waals surface area (Å²) in [5, 5.41) is 11.7. The van der Waals surface area contributed by atoms with E-state index < -0.39 is 5.97 Å². The highest BCUT2D eigenvalue weighted by atomic mass is 79.9. The molecule has 21 heavy (non-hydrogen) atoms. The van der Waals surface area contributed by atoms with Crippen LogP contribution in [0.5, 0.6) is 0 Å². The smallest absolute Gasteiger partial charge is 0.306 e. The van der Waals surface area contributed by atoms with E-state index >= 15 is 0 Å². The third-order valence-corrected chi connectivity index (χ3v) is 4.43. The van der Waals surface area contributed by atoms with Gasteiger partial charge in [0.15, 0.2) is 0 Å². The largest absolute Gasteiger partial charge is 0.481 e. The zero-order valence-electron chi connectivity index (χ0n) is 12.0. The van der Waals surface area contributed by atoms with Crippen molar-refractivity contribution in [3.63, 3.8) is 0 Å². The van der Waals surface area contributed by atoms with Crippen molar-refractivity contribution in [3.05, 3.63) is 32.7 Å². The predicted molar refractivity (Wildman–Crippen MR) is 89.4 cm³/mol. The molecule has 4 nitrogen and oxygen atoms in total. The van der Waals surface area contributed by atoms with Gasteiger partial charge >= 0.3 is 5.97 Å². The van der Waals surface area contributed by atoms with Crippen LogP contribution in [0.4, 0.5) is 0 Å². The lowest BCUT2D eigenvalue weighted by Crippen LogP contribution is -2.32. The third kappa shape index (κ3) is 6.18. The maximum Gasteiger partial charge on any atom is 0.306 e. The normalized spacial score (nSPS) is 13.5. The van der Waals surface area contributed by atoms with Gasteiger partial charge < -0.3 is 10.4 Å². The number of carbonyl (C=O) groups is 2. The Labute approximate surface area is 141 Å². The number of carbonyl (C=O) groups excluding carboxylic acids is 1. The minimum atomic E-state index is -0.773. The van der Waals surface area contributed by atoms with Crippen LogP contribution in [0, 0.1) is 5.92 Å². The fraction of sp³-hybridized carbons (Fsp3) is 0.467. The van der Waals surface area contributed by atoms with Crippen LogP contribution in [0.25, 0.3) is 0 Å². The van der Waals surface area contributed by atoms with Crippen LogP contribution < -0.4 is 5.32 Å².